The van der Waals surface area contributed by atoms with E-state index in [1.807, 2.05) is 0 Å². The first-order chi connectivity index (χ1) is 7.76. The summed E-state index contributed by atoms with van der Waals surface area (Å²) in [4.78, 5) is 14.2. The number of carbonyl (C=O) groups is 1. The van der Waals surface area contributed by atoms with E-state index in [4.69, 9.17) is 10.8 Å². The highest BCUT2D eigenvalue weighted by atomic mass is 19.4. The number of nitrogens with two attached hydrogens (primary N) is 1. The quantitative estimate of drug-likeness (QED) is 0.847. The number of carboxylic acid groups (broad SMARTS) is 1. The topological polar surface area (TPSA) is 85.4 Å². The number of halogens is 3. The first kappa shape index (κ1) is 13.2. The first-order valence-corrected chi connectivity index (χ1v) is 4.44. The Labute approximate surface area is 94.0 Å². The zero-order valence-corrected chi connectivity index (χ0v) is 8.71. The van der Waals surface area contributed by atoms with Gasteiger partial charge in [0.25, 0.3) is 0 Å². The number of hydrogen-bond acceptors (Lipinski definition) is 4. The second kappa shape index (κ2) is 4.58. The molecule has 0 radical (unpaired) electrons. The molecule has 0 saturated heterocycles. The molecule has 0 fully saturated rings. The summed E-state index contributed by atoms with van der Waals surface area (Å²) in [5.41, 5.74) is 5.08. The predicted octanol–water partition coefficient (Wildman–Crippen LogP) is 1.45. The van der Waals surface area contributed by atoms with Crippen LogP contribution in [0.2, 0.25) is 0 Å². The number of pyridine rings is 1. The lowest BCUT2D eigenvalue weighted by Gasteiger charge is -2.13. The van der Waals surface area contributed by atoms with Crippen LogP contribution >= 0.6 is 0 Å². The van der Waals surface area contributed by atoms with E-state index in [1.165, 1.54) is 6.92 Å². The molecule has 8 heteroatoms. The number of rotatable bonds is 3. The third-order valence-electron chi connectivity index (χ3n) is 2.00. The average Bonchev–Trinajstić information content (AvgIpc) is 2.17. The molecule has 0 saturated carbocycles. The van der Waals surface area contributed by atoms with Crippen LogP contribution < -0.4 is 10.5 Å². The van der Waals surface area contributed by atoms with Gasteiger partial charge in [0.05, 0.1) is 0 Å². The van der Waals surface area contributed by atoms with E-state index < -0.39 is 23.8 Å². The van der Waals surface area contributed by atoms with Crippen molar-refractivity contribution in [2.45, 2.75) is 19.8 Å². The highest BCUT2D eigenvalue weighted by Crippen LogP contribution is 2.27. The summed E-state index contributed by atoms with van der Waals surface area (Å²) in [5.74, 6) is -2.57. The van der Waals surface area contributed by atoms with Gasteiger partial charge in [-0.2, -0.15) is 0 Å². The highest BCUT2D eigenvalue weighted by Gasteiger charge is 2.34. The molecular formula is C9H9F3N2O3. The Morgan fingerprint density at radius 3 is 2.59 bits per heavy atom. The second-order valence-electron chi connectivity index (χ2n) is 3.16. The van der Waals surface area contributed by atoms with E-state index in [9.17, 15) is 18.0 Å². The molecule has 0 spiro atoms. The lowest BCUT2D eigenvalue weighted by atomic mass is 10.1. The SMILES string of the molecule is Cc1cnc(OC(F)(F)F)c(C(=O)O)c1CN. The molecule has 1 rings (SSSR count). The zero-order valence-electron chi connectivity index (χ0n) is 8.71. The maximum Gasteiger partial charge on any atom is 0.574 e. The van der Waals surface area contributed by atoms with Crippen LogP contribution in [-0.2, 0) is 6.54 Å². The minimum Gasteiger partial charge on any atom is -0.477 e. The largest absolute Gasteiger partial charge is 0.574 e. The van der Waals surface area contributed by atoms with Crippen LogP contribution in [0.4, 0.5) is 13.2 Å². The molecule has 1 aromatic rings. The molecule has 0 aromatic carbocycles. The Morgan fingerprint density at radius 2 is 2.18 bits per heavy atom. The van der Waals surface area contributed by atoms with Crippen molar-refractivity contribution in [3.05, 3.63) is 22.9 Å². The standard InChI is InChI=1S/C9H9F3N2O3/c1-4-3-14-7(17-9(10,11)12)6(8(15)16)5(4)2-13/h3H,2,13H2,1H3,(H,15,16). The van der Waals surface area contributed by atoms with Crippen LogP contribution in [0.3, 0.4) is 0 Å². The Balaban J connectivity index is 3.36. The van der Waals surface area contributed by atoms with Crippen molar-refractivity contribution < 1.29 is 27.8 Å². The number of aromatic carboxylic acids is 1. The van der Waals surface area contributed by atoms with Gasteiger partial charge in [0, 0.05) is 12.7 Å². The Hall–Kier alpha value is -1.83. The maximum atomic E-state index is 12.0. The van der Waals surface area contributed by atoms with Crippen LogP contribution in [0.25, 0.3) is 0 Å². The van der Waals surface area contributed by atoms with E-state index in [0.717, 1.165) is 6.20 Å². The van der Waals surface area contributed by atoms with Gasteiger partial charge in [-0.1, -0.05) is 0 Å². The smallest absolute Gasteiger partial charge is 0.477 e. The molecule has 0 aliphatic rings. The second-order valence-corrected chi connectivity index (χ2v) is 3.16. The first-order valence-electron chi connectivity index (χ1n) is 4.44. The van der Waals surface area contributed by atoms with Crippen molar-refractivity contribution in [3.63, 3.8) is 0 Å². The molecule has 0 aliphatic heterocycles. The van der Waals surface area contributed by atoms with Crippen LogP contribution in [0.5, 0.6) is 5.88 Å². The molecule has 0 atom stereocenters. The van der Waals surface area contributed by atoms with Gasteiger partial charge in [-0.3, -0.25) is 0 Å². The van der Waals surface area contributed by atoms with Gasteiger partial charge >= 0.3 is 12.3 Å². The molecule has 1 heterocycles. The Morgan fingerprint density at radius 1 is 1.59 bits per heavy atom. The minimum absolute atomic E-state index is 0.0618. The molecule has 94 valence electrons. The van der Waals surface area contributed by atoms with Crippen molar-refractivity contribution in [1.82, 2.24) is 4.98 Å². The number of nitrogens with zero attached hydrogens (tertiary/aromatic N) is 1. The Kier molecular flexibility index (Phi) is 3.56. The van der Waals surface area contributed by atoms with Crippen LogP contribution in [0.1, 0.15) is 21.5 Å². The van der Waals surface area contributed by atoms with Crippen molar-refractivity contribution >= 4 is 5.97 Å². The number of aryl methyl sites for hydroxylation is 1. The molecule has 17 heavy (non-hydrogen) atoms. The van der Waals surface area contributed by atoms with Crippen LogP contribution in [0.15, 0.2) is 6.20 Å². The van der Waals surface area contributed by atoms with Crippen LogP contribution in [0, 0.1) is 6.92 Å². The fraction of sp³-hybridized carbons (Fsp3) is 0.333. The maximum absolute atomic E-state index is 12.0. The number of aromatic nitrogens is 1. The summed E-state index contributed by atoms with van der Waals surface area (Å²) in [6.45, 7) is 1.28. The van der Waals surface area contributed by atoms with Gasteiger partial charge in [0.2, 0.25) is 5.88 Å². The number of carboxylic acids is 1. The summed E-state index contributed by atoms with van der Waals surface area (Å²) in [6, 6.07) is 0. The summed E-state index contributed by atoms with van der Waals surface area (Å²) in [5, 5.41) is 8.86. The van der Waals surface area contributed by atoms with Gasteiger partial charge in [-0.05, 0) is 18.1 Å². The monoisotopic (exact) mass is 250 g/mol. The van der Waals surface area contributed by atoms with Gasteiger partial charge < -0.3 is 15.6 Å². The average molecular weight is 250 g/mol. The van der Waals surface area contributed by atoms with Crippen molar-refractivity contribution in [2.75, 3.05) is 0 Å². The van der Waals surface area contributed by atoms with Gasteiger partial charge in [-0.25, -0.2) is 9.78 Å². The summed E-state index contributed by atoms with van der Waals surface area (Å²) < 4.78 is 39.6. The molecule has 0 unspecified atom stereocenters. The molecule has 3 N–H and O–H groups in total. The third kappa shape index (κ3) is 3.06. The lowest BCUT2D eigenvalue weighted by molar-refractivity contribution is -0.276. The minimum atomic E-state index is -5.00. The van der Waals surface area contributed by atoms with Gasteiger partial charge in [0.1, 0.15) is 5.56 Å². The van der Waals surface area contributed by atoms with Crippen molar-refractivity contribution in [3.8, 4) is 5.88 Å². The molecule has 0 bridgehead atoms. The molecule has 5 nitrogen and oxygen atoms in total. The summed E-state index contributed by atoms with van der Waals surface area (Å²) in [7, 11) is 0. The van der Waals surface area contributed by atoms with Gasteiger partial charge in [-0.15, -0.1) is 13.2 Å². The van der Waals surface area contributed by atoms with Crippen molar-refractivity contribution in [2.24, 2.45) is 5.73 Å². The summed E-state index contributed by atoms with van der Waals surface area (Å²) in [6.07, 6.45) is -3.92. The van der Waals surface area contributed by atoms with E-state index in [0.29, 0.717) is 5.56 Å². The van der Waals surface area contributed by atoms with Crippen LogP contribution in [-0.4, -0.2) is 22.4 Å². The highest BCUT2D eigenvalue weighted by molar-refractivity contribution is 5.92. The summed E-state index contributed by atoms with van der Waals surface area (Å²) >= 11 is 0. The number of hydrogen-bond donors (Lipinski definition) is 2. The molecule has 0 aliphatic carbocycles. The van der Waals surface area contributed by atoms with E-state index in [2.05, 4.69) is 9.72 Å². The molecule has 1 aromatic heterocycles. The van der Waals surface area contributed by atoms with E-state index >= 15 is 0 Å². The third-order valence-corrected chi connectivity index (χ3v) is 2.00. The fourth-order valence-corrected chi connectivity index (χ4v) is 1.29. The lowest BCUT2D eigenvalue weighted by Crippen LogP contribution is -2.21. The van der Waals surface area contributed by atoms with Crippen molar-refractivity contribution in [1.29, 1.82) is 0 Å². The van der Waals surface area contributed by atoms with E-state index in [1.54, 1.807) is 0 Å². The fourth-order valence-electron chi connectivity index (χ4n) is 1.29. The molecule has 0 amide bonds. The normalized spacial score (nSPS) is 11.4. The zero-order chi connectivity index (χ0) is 13.2. The number of alkyl halides is 3. The van der Waals surface area contributed by atoms with Gasteiger partial charge in [0.15, 0.2) is 0 Å². The molecular weight excluding hydrogens is 241 g/mol. The van der Waals surface area contributed by atoms with E-state index in [-0.39, 0.29) is 12.1 Å². The number of ether oxygens (including phenoxy) is 1. The predicted molar refractivity (Wildman–Crippen MR) is 50.5 cm³/mol. The Bertz CT molecular complexity index is 446.